The van der Waals surface area contributed by atoms with Gasteiger partial charge in [-0.3, -0.25) is 14.6 Å². The van der Waals surface area contributed by atoms with Crippen LogP contribution in [0.25, 0.3) is 0 Å². The van der Waals surface area contributed by atoms with Gasteiger partial charge in [0.05, 0.1) is 19.8 Å². The Bertz CT molecular complexity index is 787. The lowest BCUT2D eigenvalue weighted by atomic mass is 10.1. The monoisotopic (exact) mass is 355 g/mol. The van der Waals surface area contributed by atoms with Gasteiger partial charge >= 0.3 is 0 Å². The molecule has 0 saturated carbocycles. The Morgan fingerprint density at radius 3 is 2.19 bits per heavy atom. The molecule has 0 spiro atoms. The Labute approximate surface area is 152 Å². The van der Waals surface area contributed by atoms with Gasteiger partial charge in [0, 0.05) is 32.4 Å². The third-order valence-corrected chi connectivity index (χ3v) is 4.38. The zero-order valence-electron chi connectivity index (χ0n) is 14.8. The summed E-state index contributed by atoms with van der Waals surface area (Å²) < 4.78 is 10.5. The Morgan fingerprint density at radius 2 is 1.62 bits per heavy atom. The number of pyridine rings is 1. The van der Waals surface area contributed by atoms with Gasteiger partial charge in [-0.2, -0.15) is 0 Å². The number of piperazine rings is 1. The maximum absolute atomic E-state index is 12.9. The van der Waals surface area contributed by atoms with Gasteiger partial charge in [0.1, 0.15) is 17.2 Å². The summed E-state index contributed by atoms with van der Waals surface area (Å²) in [5, 5.41) is 0. The number of ether oxygens (including phenoxy) is 2. The second kappa shape index (κ2) is 7.86. The van der Waals surface area contributed by atoms with Crippen LogP contribution in [-0.2, 0) is 0 Å². The first-order chi connectivity index (χ1) is 12.6. The number of aromatic nitrogens is 1. The molecule has 1 aliphatic rings. The van der Waals surface area contributed by atoms with Crippen LogP contribution in [0.1, 0.15) is 20.8 Å². The smallest absolute Gasteiger partial charge is 0.272 e. The molecule has 0 aliphatic carbocycles. The van der Waals surface area contributed by atoms with E-state index in [0.717, 1.165) is 0 Å². The molecule has 1 saturated heterocycles. The highest BCUT2D eigenvalue weighted by molar-refractivity contribution is 5.98. The summed E-state index contributed by atoms with van der Waals surface area (Å²) in [6.07, 6.45) is 1.60. The van der Waals surface area contributed by atoms with Gasteiger partial charge in [0.25, 0.3) is 11.8 Å². The largest absolute Gasteiger partial charge is 0.497 e. The third-order valence-electron chi connectivity index (χ3n) is 4.38. The Balaban J connectivity index is 1.68. The van der Waals surface area contributed by atoms with Gasteiger partial charge in [-0.15, -0.1) is 0 Å². The maximum Gasteiger partial charge on any atom is 0.272 e. The first kappa shape index (κ1) is 17.7. The molecule has 1 fully saturated rings. The van der Waals surface area contributed by atoms with Gasteiger partial charge in [0.15, 0.2) is 0 Å². The molecule has 0 radical (unpaired) electrons. The first-order valence-corrected chi connectivity index (χ1v) is 8.35. The van der Waals surface area contributed by atoms with Crippen LogP contribution in [0.15, 0.2) is 42.6 Å². The average Bonchev–Trinajstić information content (AvgIpc) is 2.73. The number of benzene rings is 1. The minimum absolute atomic E-state index is 0.114. The Kier molecular flexibility index (Phi) is 5.36. The van der Waals surface area contributed by atoms with Crippen molar-refractivity contribution in [2.75, 3.05) is 40.4 Å². The summed E-state index contributed by atoms with van der Waals surface area (Å²) in [6.45, 7) is 1.84. The average molecular weight is 355 g/mol. The molecule has 136 valence electrons. The lowest BCUT2D eigenvalue weighted by Crippen LogP contribution is -2.50. The molecule has 2 amide bonds. The van der Waals surface area contributed by atoms with Gasteiger partial charge in [0.2, 0.25) is 0 Å². The zero-order valence-corrected chi connectivity index (χ0v) is 14.8. The van der Waals surface area contributed by atoms with Crippen LogP contribution < -0.4 is 9.47 Å². The number of amides is 2. The molecule has 0 bridgehead atoms. The van der Waals surface area contributed by atoms with Crippen LogP contribution in [0.5, 0.6) is 11.5 Å². The quantitative estimate of drug-likeness (QED) is 0.835. The van der Waals surface area contributed by atoms with Crippen molar-refractivity contribution in [1.29, 1.82) is 0 Å². The van der Waals surface area contributed by atoms with Gasteiger partial charge in [-0.1, -0.05) is 6.07 Å². The number of hydrogen-bond donors (Lipinski definition) is 0. The summed E-state index contributed by atoms with van der Waals surface area (Å²) >= 11 is 0. The standard InChI is InChI=1S/C19H21N3O4/c1-25-14-6-7-17(26-2)15(13-14)18(23)21-9-11-22(12-10-21)19(24)16-5-3-4-8-20-16/h3-8,13H,9-12H2,1-2H3. The second-order valence-electron chi connectivity index (χ2n) is 5.87. The van der Waals surface area contributed by atoms with E-state index < -0.39 is 0 Å². The summed E-state index contributed by atoms with van der Waals surface area (Å²) in [6, 6.07) is 10.4. The molecule has 1 aliphatic heterocycles. The number of nitrogens with zero attached hydrogens (tertiary/aromatic N) is 3. The second-order valence-corrected chi connectivity index (χ2v) is 5.87. The van der Waals surface area contributed by atoms with E-state index in [1.54, 1.807) is 59.5 Å². The lowest BCUT2D eigenvalue weighted by Gasteiger charge is -2.34. The molecular weight excluding hydrogens is 334 g/mol. The molecule has 2 heterocycles. The topological polar surface area (TPSA) is 72.0 Å². The molecule has 2 aromatic rings. The van der Waals surface area contributed by atoms with Crippen molar-refractivity contribution in [1.82, 2.24) is 14.8 Å². The van der Waals surface area contributed by atoms with Crippen LogP contribution in [0.2, 0.25) is 0 Å². The van der Waals surface area contributed by atoms with E-state index in [2.05, 4.69) is 4.98 Å². The van der Waals surface area contributed by atoms with E-state index in [1.807, 2.05) is 0 Å². The number of methoxy groups -OCH3 is 2. The summed E-state index contributed by atoms with van der Waals surface area (Å²) in [7, 11) is 3.08. The van der Waals surface area contributed by atoms with Crippen molar-refractivity contribution >= 4 is 11.8 Å². The van der Waals surface area contributed by atoms with Crippen LogP contribution in [0.4, 0.5) is 0 Å². The van der Waals surface area contributed by atoms with Crippen molar-refractivity contribution in [3.63, 3.8) is 0 Å². The first-order valence-electron chi connectivity index (χ1n) is 8.35. The molecule has 0 unspecified atom stereocenters. The van der Waals surface area contributed by atoms with E-state index >= 15 is 0 Å². The highest BCUT2D eigenvalue weighted by atomic mass is 16.5. The molecule has 26 heavy (non-hydrogen) atoms. The van der Waals surface area contributed by atoms with E-state index in [-0.39, 0.29) is 11.8 Å². The highest BCUT2D eigenvalue weighted by Gasteiger charge is 2.27. The maximum atomic E-state index is 12.9. The predicted octanol–water partition coefficient (Wildman–Crippen LogP) is 1.70. The minimum atomic E-state index is -0.134. The molecular formula is C19H21N3O4. The molecule has 1 aromatic carbocycles. The van der Waals surface area contributed by atoms with Crippen LogP contribution >= 0.6 is 0 Å². The molecule has 1 aromatic heterocycles. The number of rotatable bonds is 4. The van der Waals surface area contributed by atoms with Crippen LogP contribution in [0.3, 0.4) is 0 Å². The summed E-state index contributed by atoms with van der Waals surface area (Å²) in [5.74, 6) is 0.850. The number of hydrogen-bond acceptors (Lipinski definition) is 5. The molecule has 0 N–H and O–H groups in total. The minimum Gasteiger partial charge on any atom is -0.497 e. The Hall–Kier alpha value is -3.09. The summed E-state index contributed by atoms with van der Waals surface area (Å²) in [5.41, 5.74) is 0.873. The predicted molar refractivity (Wildman–Crippen MR) is 95.6 cm³/mol. The molecule has 7 heteroatoms. The van der Waals surface area contributed by atoms with Crippen molar-refractivity contribution in [3.8, 4) is 11.5 Å². The fraction of sp³-hybridized carbons (Fsp3) is 0.316. The van der Waals surface area contributed by atoms with Gasteiger partial charge in [-0.05, 0) is 30.3 Å². The molecule has 7 nitrogen and oxygen atoms in total. The number of carbonyl (C=O) groups excluding carboxylic acids is 2. The fourth-order valence-electron chi connectivity index (χ4n) is 2.92. The molecule has 0 atom stereocenters. The zero-order chi connectivity index (χ0) is 18.5. The highest BCUT2D eigenvalue weighted by Crippen LogP contribution is 2.25. The van der Waals surface area contributed by atoms with Crippen molar-refractivity contribution in [2.24, 2.45) is 0 Å². The van der Waals surface area contributed by atoms with Crippen molar-refractivity contribution < 1.29 is 19.1 Å². The lowest BCUT2D eigenvalue weighted by molar-refractivity contribution is 0.0530. The molecule has 3 rings (SSSR count). The SMILES string of the molecule is COc1ccc(OC)c(C(=O)N2CCN(C(=O)c3ccccn3)CC2)c1. The third kappa shape index (κ3) is 3.61. The Morgan fingerprint density at radius 1 is 0.923 bits per heavy atom. The fourth-order valence-corrected chi connectivity index (χ4v) is 2.92. The van der Waals surface area contributed by atoms with Crippen LogP contribution in [-0.4, -0.2) is 67.0 Å². The summed E-state index contributed by atoms with van der Waals surface area (Å²) in [4.78, 5) is 32.9. The van der Waals surface area contributed by atoms with Crippen LogP contribution in [0, 0.1) is 0 Å². The van der Waals surface area contributed by atoms with Crippen molar-refractivity contribution in [2.45, 2.75) is 0 Å². The van der Waals surface area contributed by atoms with Gasteiger partial charge in [-0.25, -0.2) is 0 Å². The number of carbonyl (C=O) groups is 2. The van der Waals surface area contributed by atoms with E-state index in [1.165, 1.54) is 7.11 Å². The van der Waals surface area contributed by atoms with E-state index in [0.29, 0.717) is 48.9 Å². The van der Waals surface area contributed by atoms with Gasteiger partial charge < -0.3 is 19.3 Å². The van der Waals surface area contributed by atoms with E-state index in [4.69, 9.17) is 9.47 Å². The van der Waals surface area contributed by atoms with E-state index in [9.17, 15) is 9.59 Å². The normalized spacial score (nSPS) is 14.1. The van der Waals surface area contributed by atoms with Crippen molar-refractivity contribution in [3.05, 3.63) is 53.9 Å².